The lowest BCUT2D eigenvalue weighted by atomic mass is 9.99. The number of aromatic nitrogens is 3. The van der Waals surface area contributed by atoms with Crippen LogP contribution in [-0.4, -0.2) is 52.1 Å². The molecule has 2 rings (SSSR count). The Bertz CT molecular complexity index is 712. The number of rotatable bonds is 10. The maximum atomic E-state index is 10.7. The number of ether oxygens (including phenoxy) is 1. The highest BCUT2D eigenvalue weighted by Crippen LogP contribution is 2.21. The van der Waals surface area contributed by atoms with Gasteiger partial charge in [-0.15, -0.1) is 10.2 Å². The van der Waals surface area contributed by atoms with Crippen LogP contribution in [0, 0.1) is 6.92 Å². The number of hydrogen-bond donors (Lipinski definition) is 3. The number of guanidine groups is 1. The van der Waals surface area contributed by atoms with E-state index in [1.54, 1.807) is 18.3 Å². The summed E-state index contributed by atoms with van der Waals surface area (Å²) < 4.78 is 7.28. The summed E-state index contributed by atoms with van der Waals surface area (Å²) in [5, 5.41) is 29.3. The van der Waals surface area contributed by atoms with Crippen LogP contribution in [0.15, 0.2) is 21.8 Å². The first-order valence-electron chi connectivity index (χ1n) is 9.14. The van der Waals surface area contributed by atoms with Crippen molar-refractivity contribution >= 4 is 17.3 Å². The average Bonchev–Trinajstić information content (AvgIpc) is 3.29. The third-order valence-corrected chi connectivity index (χ3v) is 4.95. The van der Waals surface area contributed by atoms with Gasteiger partial charge in [0.1, 0.15) is 18.0 Å². The second kappa shape index (κ2) is 10.4. The summed E-state index contributed by atoms with van der Waals surface area (Å²) >= 11 is 1.57. The quantitative estimate of drug-likeness (QED) is 0.321. The molecule has 0 saturated carbocycles. The molecule has 2 aromatic heterocycles. The Kier molecular flexibility index (Phi) is 8.21. The lowest BCUT2D eigenvalue weighted by Crippen LogP contribution is -2.44. The van der Waals surface area contributed by atoms with Crippen LogP contribution in [0.2, 0.25) is 0 Å². The molecule has 0 fully saturated rings. The molecule has 0 saturated heterocycles. The summed E-state index contributed by atoms with van der Waals surface area (Å²) in [5.41, 5.74) is -0.0885. The van der Waals surface area contributed by atoms with Crippen LogP contribution in [0.25, 0.3) is 0 Å². The van der Waals surface area contributed by atoms with E-state index in [1.807, 2.05) is 42.3 Å². The molecule has 9 heteroatoms. The second-order valence-electron chi connectivity index (χ2n) is 6.50. The normalized spacial score (nSPS) is 14.2. The Labute approximate surface area is 164 Å². The van der Waals surface area contributed by atoms with Crippen LogP contribution in [0.4, 0.5) is 0 Å². The Morgan fingerprint density at radius 1 is 1.41 bits per heavy atom. The van der Waals surface area contributed by atoms with E-state index in [1.165, 1.54) is 0 Å². The maximum Gasteiger partial charge on any atom is 0.191 e. The van der Waals surface area contributed by atoms with Gasteiger partial charge in [-0.1, -0.05) is 0 Å². The Hall–Kier alpha value is -1.97. The Morgan fingerprint density at radius 2 is 2.22 bits per heavy atom. The summed E-state index contributed by atoms with van der Waals surface area (Å²) in [6.45, 7) is 8.57. The number of aliphatic hydroxyl groups is 1. The molecular formula is C18H30N6O2S. The van der Waals surface area contributed by atoms with Crippen molar-refractivity contribution in [2.75, 3.05) is 26.3 Å². The molecule has 1 unspecified atom stereocenters. The summed E-state index contributed by atoms with van der Waals surface area (Å²) in [6.07, 6.45) is 0.874. The van der Waals surface area contributed by atoms with Crippen molar-refractivity contribution in [2.24, 2.45) is 12.0 Å². The van der Waals surface area contributed by atoms with Gasteiger partial charge in [0.2, 0.25) is 0 Å². The van der Waals surface area contributed by atoms with Crippen LogP contribution in [-0.2, 0) is 23.9 Å². The number of hydrogen-bond acceptors (Lipinski definition) is 6. The molecule has 27 heavy (non-hydrogen) atoms. The summed E-state index contributed by atoms with van der Waals surface area (Å²) in [6, 6.07) is 1.93. The zero-order valence-electron chi connectivity index (χ0n) is 16.5. The van der Waals surface area contributed by atoms with Crippen molar-refractivity contribution in [1.82, 2.24) is 25.4 Å². The van der Waals surface area contributed by atoms with Crippen LogP contribution >= 0.6 is 11.3 Å². The van der Waals surface area contributed by atoms with Gasteiger partial charge in [-0.25, -0.2) is 4.99 Å². The van der Waals surface area contributed by atoms with Crippen LogP contribution < -0.4 is 10.6 Å². The van der Waals surface area contributed by atoms with E-state index in [0.29, 0.717) is 32.3 Å². The highest BCUT2D eigenvalue weighted by atomic mass is 32.1. The van der Waals surface area contributed by atoms with Gasteiger partial charge in [0.05, 0.1) is 6.54 Å². The molecule has 2 heterocycles. The average molecular weight is 395 g/mol. The van der Waals surface area contributed by atoms with Crippen molar-refractivity contribution in [2.45, 2.75) is 39.3 Å². The van der Waals surface area contributed by atoms with Crippen LogP contribution in [0.5, 0.6) is 0 Å². The van der Waals surface area contributed by atoms with Crippen LogP contribution in [0.1, 0.15) is 37.5 Å². The van der Waals surface area contributed by atoms with Crippen molar-refractivity contribution in [3.8, 4) is 0 Å². The fraction of sp³-hybridized carbons (Fsp3) is 0.611. The zero-order valence-corrected chi connectivity index (χ0v) is 17.3. The Balaban J connectivity index is 1.97. The van der Waals surface area contributed by atoms with E-state index < -0.39 is 5.60 Å². The van der Waals surface area contributed by atoms with Gasteiger partial charge in [0, 0.05) is 26.8 Å². The monoisotopic (exact) mass is 394 g/mol. The summed E-state index contributed by atoms with van der Waals surface area (Å²) in [5.74, 6) is 2.26. The van der Waals surface area contributed by atoms with Gasteiger partial charge in [-0.05, 0) is 49.6 Å². The standard InChI is InChI=1S/C18H30N6O2S/c1-5-26-9-6-8-19-17(20-11-16-23-22-14(2)24(16)4)21-13-18(3,25)15-7-10-27-12-15/h7,10,12,25H,5-6,8-9,11,13H2,1-4H3,(H2,19,20,21). The van der Waals surface area contributed by atoms with E-state index in [-0.39, 0.29) is 0 Å². The van der Waals surface area contributed by atoms with Crippen molar-refractivity contribution in [3.05, 3.63) is 34.0 Å². The lowest BCUT2D eigenvalue weighted by molar-refractivity contribution is 0.0621. The SMILES string of the molecule is CCOCCCNC(=NCc1nnc(C)n1C)NCC(C)(O)c1ccsc1. The summed E-state index contributed by atoms with van der Waals surface area (Å²) in [4.78, 5) is 4.59. The zero-order chi connectivity index (χ0) is 19.7. The first-order chi connectivity index (χ1) is 12.9. The van der Waals surface area contributed by atoms with Gasteiger partial charge in [-0.2, -0.15) is 11.3 Å². The van der Waals surface area contributed by atoms with Gasteiger partial charge >= 0.3 is 0 Å². The molecule has 0 spiro atoms. The lowest BCUT2D eigenvalue weighted by Gasteiger charge is -2.24. The van der Waals surface area contributed by atoms with E-state index >= 15 is 0 Å². The first-order valence-corrected chi connectivity index (χ1v) is 10.1. The fourth-order valence-electron chi connectivity index (χ4n) is 2.37. The molecular weight excluding hydrogens is 364 g/mol. The molecule has 8 nitrogen and oxygen atoms in total. The molecule has 0 radical (unpaired) electrons. The van der Waals surface area contributed by atoms with Crippen LogP contribution in [0.3, 0.4) is 0 Å². The molecule has 0 aliphatic rings. The molecule has 0 aliphatic heterocycles. The first kappa shape index (κ1) is 21.3. The van der Waals surface area contributed by atoms with E-state index in [4.69, 9.17) is 4.74 Å². The molecule has 3 N–H and O–H groups in total. The third kappa shape index (κ3) is 6.60. The second-order valence-corrected chi connectivity index (χ2v) is 7.28. The largest absolute Gasteiger partial charge is 0.384 e. The highest BCUT2D eigenvalue weighted by molar-refractivity contribution is 7.08. The van der Waals surface area contributed by atoms with E-state index in [0.717, 1.165) is 30.2 Å². The predicted octanol–water partition coefficient (Wildman–Crippen LogP) is 1.55. The van der Waals surface area contributed by atoms with Gasteiger partial charge < -0.3 is 25.0 Å². The number of nitrogens with one attached hydrogen (secondary N) is 2. The smallest absolute Gasteiger partial charge is 0.191 e. The molecule has 2 aromatic rings. The number of aliphatic imine (C=N–C) groups is 1. The van der Waals surface area contributed by atoms with Crippen molar-refractivity contribution in [3.63, 3.8) is 0 Å². The van der Waals surface area contributed by atoms with E-state index in [2.05, 4.69) is 25.8 Å². The maximum absolute atomic E-state index is 10.7. The van der Waals surface area contributed by atoms with Gasteiger partial charge in [0.25, 0.3) is 0 Å². The number of aryl methyl sites for hydroxylation is 1. The van der Waals surface area contributed by atoms with Crippen molar-refractivity contribution in [1.29, 1.82) is 0 Å². The minimum atomic E-state index is -0.977. The number of nitrogens with zero attached hydrogens (tertiary/aromatic N) is 4. The molecule has 1 atom stereocenters. The van der Waals surface area contributed by atoms with E-state index in [9.17, 15) is 5.11 Å². The van der Waals surface area contributed by atoms with Gasteiger partial charge in [-0.3, -0.25) is 0 Å². The molecule has 0 aromatic carbocycles. The highest BCUT2D eigenvalue weighted by Gasteiger charge is 2.23. The number of thiophene rings is 1. The topological polar surface area (TPSA) is 96.6 Å². The fourth-order valence-corrected chi connectivity index (χ4v) is 3.15. The minimum absolute atomic E-state index is 0.346. The molecule has 0 aliphatic carbocycles. The van der Waals surface area contributed by atoms with Crippen molar-refractivity contribution < 1.29 is 9.84 Å². The molecule has 0 amide bonds. The molecule has 0 bridgehead atoms. The molecule has 150 valence electrons. The Morgan fingerprint density at radius 3 is 2.85 bits per heavy atom. The minimum Gasteiger partial charge on any atom is -0.384 e. The summed E-state index contributed by atoms with van der Waals surface area (Å²) in [7, 11) is 1.92. The third-order valence-electron chi connectivity index (χ3n) is 4.27. The predicted molar refractivity (Wildman–Crippen MR) is 108 cm³/mol. The van der Waals surface area contributed by atoms with Gasteiger partial charge in [0.15, 0.2) is 11.8 Å².